The zero-order valence-corrected chi connectivity index (χ0v) is 14.2. The van der Waals surface area contributed by atoms with Crippen LogP contribution in [0.2, 0.25) is 0 Å². The summed E-state index contributed by atoms with van der Waals surface area (Å²) in [6.45, 7) is 10.8. The Morgan fingerprint density at radius 3 is 2.33 bits per heavy atom. The van der Waals surface area contributed by atoms with Crippen LogP contribution in [0.4, 0.5) is 4.79 Å². The van der Waals surface area contributed by atoms with Crippen molar-refractivity contribution >= 4 is 6.09 Å². The van der Waals surface area contributed by atoms with Gasteiger partial charge in [-0.15, -0.1) is 0 Å². The number of likely N-dealkylation sites (tertiary alicyclic amines) is 1. The Hall–Kier alpha value is -0.770. The standard InChI is InChI=1S/C17H32N2O2/c1-5-17(9-6-10-17)18-13-14-7-11-19(12-8-14)15(20)21-16(2,3)4/h14,18H,5-13H2,1-4H3. The van der Waals surface area contributed by atoms with Gasteiger partial charge in [-0.05, 0) is 71.8 Å². The SMILES string of the molecule is CCC1(NCC2CCN(C(=O)OC(C)(C)C)CC2)CCC1. The number of rotatable bonds is 4. The van der Waals surface area contributed by atoms with Gasteiger partial charge in [0.25, 0.3) is 0 Å². The first-order valence-corrected chi connectivity index (χ1v) is 8.56. The van der Waals surface area contributed by atoms with Crippen LogP contribution in [0.1, 0.15) is 66.2 Å². The lowest BCUT2D eigenvalue weighted by atomic mass is 9.74. The molecule has 0 atom stereocenters. The van der Waals surface area contributed by atoms with Crippen molar-refractivity contribution in [3.8, 4) is 0 Å². The second-order valence-electron chi connectivity index (χ2n) is 7.78. The van der Waals surface area contributed by atoms with Crippen LogP contribution in [0.25, 0.3) is 0 Å². The molecule has 1 saturated carbocycles. The molecule has 0 aromatic carbocycles. The topological polar surface area (TPSA) is 41.6 Å². The molecule has 0 spiro atoms. The van der Waals surface area contributed by atoms with Gasteiger partial charge in [0, 0.05) is 18.6 Å². The molecule has 1 saturated heterocycles. The second-order valence-corrected chi connectivity index (χ2v) is 7.78. The first-order chi connectivity index (χ1) is 9.84. The quantitative estimate of drug-likeness (QED) is 0.862. The van der Waals surface area contributed by atoms with Crippen molar-refractivity contribution in [3.63, 3.8) is 0 Å². The number of amides is 1. The number of hydrogen-bond acceptors (Lipinski definition) is 3. The molecule has 2 fully saturated rings. The van der Waals surface area contributed by atoms with Gasteiger partial charge < -0.3 is 15.0 Å². The zero-order valence-electron chi connectivity index (χ0n) is 14.2. The Bertz CT molecular complexity index is 345. The summed E-state index contributed by atoms with van der Waals surface area (Å²) >= 11 is 0. The Morgan fingerprint density at radius 2 is 1.90 bits per heavy atom. The van der Waals surface area contributed by atoms with Gasteiger partial charge in [0.2, 0.25) is 0 Å². The number of ether oxygens (including phenoxy) is 1. The molecular formula is C17H32N2O2. The minimum absolute atomic E-state index is 0.155. The molecule has 21 heavy (non-hydrogen) atoms. The van der Waals surface area contributed by atoms with Gasteiger partial charge in [0.15, 0.2) is 0 Å². The Morgan fingerprint density at radius 1 is 1.29 bits per heavy atom. The second kappa shape index (κ2) is 6.55. The fraction of sp³-hybridized carbons (Fsp3) is 0.941. The van der Waals surface area contributed by atoms with Gasteiger partial charge in [-0.25, -0.2) is 4.79 Å². The lowest BCUT2D eigenvalue weighted by Crippen LogP contribution is -2.53. The molecule has 0 radical (unpaired) electrons. The number of hydrogen-bond donors (Lipinski definition) is 1. The largest absolute Gasteiger partial charge is 0.444 e. The van der Waals surface area contributed by atoms with E-state index in [0.717, 1.165) is 32.5 Å². The van der Waals surface area contributed by atoms with E-state index in [9.17, 15) is 4.79 Å². The number of carbonyl (C=O) groups excluding carboxylic acids is 1. The fourth-order valence-electron chi connectivity index (χ4n) is 3.27. The third-order valence-electron chi connectivity index (χ3n) is 5.02. The fourth-order valence-corrected chi connectivity index (χ4v) is 3.27. The molecule has 0 aromatic rings. The highest BCUT2D eigenvalue weighted by molar-refractivity contribution is 5.68. The predicted molar refractivity (Wildman–Crippen MR) is 85.4 cm³/mol. The van der Waals surface area contributed by atoms with E-state index in [2.05, 4.69) is 12.2 Å². The van der Waals surface area contributed by atoms with E-state index in [1.807, 2.05) is 25.7 Å². The molecule has 0 bridgehead atoms. The first kappa shape index (κ1) is 16.6. The van der Waals surface area contributed by atoms with Crippen molar-refractivity contribution in [1.29, 1.82) is 0 Å². The molecule has 2 aliphatic rings. The Labute approximate surface area is 129 Å². The minimum atomic E-state index is -0.396. The molecule has 122 valence electrons. The monoisotopic (exact) mass is 296 g/mol. The molecule has 1 aliphatic carbocycles. The van der Waals surface area contributed by atoms with Gasteiger partial charge in [-0.1, -0.05) is 6.92 Å². The molecule has 0 aromatic heterocycles. The third-order valence-corrected chi connectivity index (χ3v) is 5.02. The summed E-state index contributed by atoms with van der Waals surface area (Å²) in [7, 11) is 0. The maximum absolute atomic E-state index is 12.0. The van der Waals surface area contributed by atoms with Crippen molar-refractivity contribution in [2.24, 2.45) is 5.92 Å². The van der Waals surface area contributed by atoms with Crippen molar-refractivity contribution < 1.29 is 9.53 Å². The summed E-state index contributed by atoms with van der Waals surface area (Å²) in [6.07, 6.45) is 7.30. The lowest BCUT2D eigenvalue weighted by molar-refractivity contribution is 0.0177. The van der Waals surface area contributed by atoms with Crippen LogP contribution in [0, 0.1) is 5.92 Å². The maximum atomic E-state index is 12.0. The average molecular weight is 296 g/mol. The summed E-state index contributed by atoms with van der Waals surface area (Å²) in [5, 5.41) is 3.80. The normalized spacial score (nSPS) is 22.8. The van der Waals surface area contributed by atoms with Crippen LogP contribution >= 0.6 is 0 Å². The molecule has 1 amide bonds. The molecule has 1 heterocycles. The van der Waals surface area contributed by atoms with Crippen molar-refractivity contribution in [2.75, 3.05) is 19.6 Å². The highest BCUT2D eigenvalue weighted by atomic mass is 16.6. The van der Waals surface area contributed by atoms with E-state index in [4.69, 9.17) is 4.74 Å². The van der Waals surface area contributed by atoms with Crippen LogP contribution < -0.4 is 5.32 Å². The summed E-state index contributed by atoms with van der Waals surface area (Å²) in [5.41, 5.74) is 0.0372. The van der Waals surface area contributed by atoms with E-state index < -0.39 is 5.60 Å². The van der Waals surface area contributed by atoms with E-state index >= 15 is 0 Å². The van der Waals surface area contributed by atoms with Crippen LogP contribution in [-0.4, -0.2) is 41.8 Å². The number of piperidine rings is 1. The summed E-state index contributed by atoms with van der Waals surface area (Å²) in [6, 6.07) is 0. The van der Waals surface area contributed by atoms with Gasteiger partial charge in [-0.3, -0.25) is 0 Å². The number of nitrogens with one attached hydrogen (secondary N) is 1. The van der Waals surface area contributed by atoms with Crippen LogP contribution in [-0.2, 0) is 4.74 Å². The van der Waals surface area contributed by atoms with E-state index in [0.29, 0.717) is 11.5 Å². The van der Waals surface area contributed by atoms with Crippen molar-refractivity contribution in [3.05, 3.63) is 0 Å². The van der Waals surface area contributed by atoms with Gasteiger partial charge >= 0.3 is 6.09 Å². The molecular weight excluding hydrogens is 264 g/mol. The van der Waals surface area contributed by atoms with Gasteiger partial charge in [0.05, 0.1) is 0 Å². The molecule has 1 aliphatic heterocycles. The number of carbonyl (C=O) groups is 1. The smallest absolute Gasteiger partial charge is 0.410 e. The van der Waals surface area contributed by atoms with Crippen molar-refractivity contribution in [1.82, 2.24) is 10.2 Å². The van der Waals surface area contributed by atoms with Crippen LogP contribution in [0.5, 0.6) is 0 Å². The maximum Gasteiger partial charge on any atom is 0.410 e. The summed E-state index contributed by atoms with van der Waals surface area (Å²) in [4.78, 5) is 13.9. The van der Waals surface area contributed by atoms with Crippen molar-refractivity contribution in [2.45, 2.75) is 77.4 Å². The predicted octanol–water partition coefficient (Wildman–Crippen LogP) is 3.56. The third kappa shape index (κ3) is 4.60. The molecule has 4 nitrogen and oxygen atoms in total. The molecule has 1 N–H and O–H groups in total. The minimum Gasteiger partial charge on any atom is -0.444 e. The molecule has 2 rings (SSSR count). The van der Waals surface area contributed by atoms with Crippen LogP contribution in [0.3, 0.4) is 0 Å². The molecule has 0 unspecified atom stereocenters. The molecule has 4 heteroatoms. The highest BCUT2D eigenvalue weighted by Gasteiger charge is 2.35. The van der Waals surface area contributed by atoms with E-state index in [1.54, 1.807) is 0 Å². The van der Waals surface area contributed by atoms with Gasteiger partial charge in [-0.2, -0.15) is 0 Å². The van der Waals surface area contributed by atoms with Gasteiger partial charge in [0.1, 0.15) is 5.60 Å². The Balaban J connectivity index is 1.69. The highest BCUT2D eigenvalue weighted by Crippen LogP contribution is 2.35. The first-order valence-electron chi connectivity index (χ1n) is 8.56. The lowest BCUT2D eigenvalue weighted by Gasteiger charge is -2.44. The zero-order chi connectivity index (χ0) is 15.5. The number of nitrogens with zero attached hydrogens (tertiary/aromatic N) is 1. The van der Waals surface area contributed by atoms with Crippen LogP contribution in [0.15, 0.2) is 0 Å². The van der Waals surface area contributed by atoms with E-state index in [-0.39, 0.29) is 6.09 Å². The van der Waals surface area contributed by atoms with E-state index in [1.165, 1.54) is 25.7 Å². The summed E-state index contributed by atoms with van der Waals surface area (Å²) < 4.78 is 5.44. The Kier molecular flexibility index (Phi) is 5.18. The average Bonchev–Trinajstić information content (AvgIpc) is 2.36. The summed E-state index contributed by atoms with van der Waals surface area (Å²) in [5.74, 6) is 0.702.